The van der Waals surface area contributed by atoms with E-state index >= 15 is 0 Å². The van der Waals surface area contributed by atoms with Crippen LogP contribution < -0.4 is 10.1 Å². The number of nitrogens with one attached hydrogen (secondary N) is 1. The second-order valence-corrected chi connectivity index (χ2v) is 8.72. The molecule has 1 saturated carbocycles. The zero-order valence-electron chi connectivity index (χ0n) is 17.4. The number of amides is 2. The maximum absolute atomic E-state index is 13.4. The van der Waals surface area contributed by atoms with Crippen LogP contribution in [-0.2, 0) is 9.53 Å². The van der Waals surface area contributed by atoms with E-state index in [9.17, 15) is 9.59 Å². The van der Waals surface area contributed by atoms with Gasteiger partial charge in [-0.25, -0.2) is 9.59 Å². The van der Waals surface area contributed by atoms with Gasteiger partial charge < -0.3 is 14.8 Å². The van der Waals surface area contributed by atoms with Gasteiger partial charge in [0.2, 0.25) is 0 Å². The second-order valence-electron chi connectivity index (χ2n) is 7.57. The number of benzene rings is 1. The van der Waals surface area contributed by atoms with E-state index in [0.29, 0.717) is 36.3 Å². The lowest BCUT2D eigenvalue weighted by Crippen LogP contribution is -2.50. The fourth-order valence-corrected chi connectivity index (χ4v) is 5.70. The van der Waals surface area contributed by atoms with Crippen molar-refractivity contribution in [2.75, 3.05) is 24.3 Å². The molecule has 6 nitrogen and oxygen atoms in total. The summed E-state index contributed by atoms with van der Waals surface area (Å²) in [6.07, 6.45) is 6.61. The van der Waals surface area contributed by atoms with Crippen LogP contribution in [0.15, 0.2) is 24.3 Å². The molecule has 1 aromatic rings. The van der Waals surface area contributed by atoms with Gasteiger partial charge in [0.15, 0.2) is 0 Å². The lowest BCUT2D eigenvalue weighted by Gasteiger charge is -2.35. The van der Waals surface area contributed by atoms with Crippen molar-refractivity contribution in [2.24, 2.45) is 5.92 Å². The fraction of sp³-hybridized carbons (Fsp3) is 0.636. The summed E-state index contributed by atoms with van der Waals surface area (Å²) in [5.41, 5.74) is 0.624. The standard InChI is InChI=1S/C22H32N2O4S/c1-3-14-28-21(25)18-15-29-20(16-10-6-5-7-11-16)24(18)22(26)23-17-12-8-9-13-19(17)27-4-2/h8-9,12-13,16,18,20H,3-7,10-11,14-15H2,1-2H3,(H,23,26)/t18-,20-/m0/s1. The summed E-state index contributed by atoms with van der Waals surface area (Å²) in [4.78, 5) is 27.8. The van der Waals surface area contributed by atoms with Gasteiger partial charge in [0.25, 0.3) is 0 Å². The number of hydrogen-bond donors (Lipinski definition) is 1. The molecular weight excluding hydrogens is 388 g/mol. The number of anilines is 1. The van der Waals surface area contributed by atoms with E-state index < -0.39 is 6.04 Å². The first-order chi connectivity index (χ1) is 14.2. The molecule has 0 spiro atoms. The van der Waals surface area contributed by atoms with Crippen LogP contribution in [0, 0.1) is 5.92 Å². The number of thioether (sulfide) groups is 1. The molecular formula is C22H32N2O4S. The number of esters is 1. The van der Waals surface area contributed by atoms with Crippen LogP contribution >= 0.6 is 11.8 Å². The Bertz CT molecular complexity index is 693. The SMILES string of the molecule is CCCOC(=O)[C@@H]1CS[C@@H](C2CCCCC2)N1C(=O)Nc1ccccc1OCC. The average molecular weight is 421 g/mol. The lowest BCUT2D eigenvalue weighted by atomic mass is 9.88. The van der Waals surface area contributed by atoms with Crippen molar-refractivity contribution < 1.29 is 19.1 Å². The maximum Gasteiger partial charge on any atom is 0.329 e. The number of nitrogens with zero attached hydrogens (tertiary/aromatic N) is 1. The molecule has 0 radical (unpaired) electrons. The predicted molar refractivity (Wildman–Crippen MR) is 116 cm³/mol. The molecule has 1 saturated heterocycles. The molecule has 1 heterocycles. The molecule has 3 rings (SSSR count). The number of para-hydroxylation sites is 2. The third-order valence-electron chi connectivity index (χ3n) is 5.47. The van der Waals surface area contributed by atoms with Gasteiger partial charge in [-0.15, -0.1) is 11.8 Å². The van der Waals surface area contributed by atoms with Gasteiger partial charge in [-0.2, -0.15) is 0 Å². The van der Waals surface area contributed by atoms with E-state index in [0.717, 1.165) is 19.3 Å². The summed E-state index contributed by atoms with van der Waals surface area (Å²) in [6.45, 7) is 4.78. The highest BCUT2D eigenvalue weighted by atomic mass is 32.2. The molecule has 7 heteroatoms. The van der Waals surface area contributed by atoms with Crippen LogP contribution in [0.3, 0.4) is 0 Å². The summed E-state index contributed by atoms with van der Waals surface area (Å²) in [5, 5.41) is 3.00. The minimum absolute atomic E-state index is 0.00809. The monoisotopic (exact) mass is 420 g/mol. The molecule has 1 aliphatic carbocycles. The minimum Gasteiger partial charge on any atom is -0.492 e. The molecule has 2 aliphatic rings. The van der Waals surface area contributed by atoms with Gasteiger partial charge in [0.1, 0.15) is 11.8 Å². The van der Waals surface area contributed by atoms with E-state index in [4.69, 9.17) is 9.47 Å². The van der Waals surface area contributed by atoms with Crippen LogP contribution in [0.4, 0.5) is 10.5 Å². The number of carbonyl (C=O) groups is 2. The predicted octanol–water partition coefficient (Wildman–Crippen LogP) is 4.89. The van der Waals surface area contributed by atoms with E-state index in [1.807, 2.05) is 38.1 Å². The van der Waals surface area contributed by atoms with E-state index in [1.165, 1.54) is 19.3 Å². The van der Waals surface area contributed by atoms with Crippen LogP contribution in [-0.4, -0.2) is 47.3 Å². The minimum atomic E-state index is -0.544. The first kappa shape index (κ1) is 21.8. The topological polar surface area (TPSA) is 67.9 Å². The average Bonchev–Trinajstić information content (AvgIpc) is 3.19. The molecule has 1 aliphatic heterocycles. The lowest BCUT2D eigenvalue weighted by molar-refractivity contribution is -0.148. The number of rotatable bonds is 7. The molecule has 29 heavy (non-hydrogen) atoms. The van der Waals surface area contributed by atoms with Gasteiger partial charge >= 0.3 is 12.0 Å². The third kappa shape index (κ3) is 5.38. The van der Waals surface area contributed by atoms with E-state index in [1.54, 1.807) is 16.7 Å². The van der Waals surface area contributed by atoms with Crippen molar-refractivity contribution >= 4 is 29.4 Å². The Kier molecular flexibility index (Phi) is 8.09. The van der Waals surface area contributed by atoms with Crippen molar-refractivity contribution in [3.05, 3.63) is 24.3 Å². The number of hydrogen-bond acceptors (Lipinski definition) is 5. The first-order valence-corrected chi connectivity index (χ1v) is 11.8. The number of carbonyl (C=O) groups excluding carboxylic acids is 2. The molecule has 1 N–H and O–H groups in total. The Hall–Kier alpha value is -1.89. The van der Waals surface area contributed by atoms with E-state index in [2.05, 4.69) is 5.32 Å². The van der Waals surface area contributed by atoms with Crippen molar-refractivity contribution in [3.8, 4) is 5.75 Å². The Labute approximate surface area is 177 Å². The van der Waals surface area contributed by atoms with Crippen LogP contribution in [0.1, 0.15) is 52.4 Å². The summed E-state index contributed by atoms with van der Waals surface area (Å²) in [7, 11) is 0. The van der Waals surface area contributed by atoms with Gasteiger partial charge in [-0.1, -0.05) is 38.3 Å². The van der Waals surface area contributed by atoms with Crippen molar-refractivity contribution in [2.45, 2.75) is 63.8 Å². The molecule has 2 atom stereocenters. The zero-order chi connectivity index (χ0) is 20.6. The molecule has 1 aromatic carbocycles. The highest BCUT2D eigenvalue weighted by molar-refractivity contribution is 8.00. The maximum atomic E-state index is 13.4. The van der Waals surface area contributed by atoms with Crippen molar-refractivity contribution in [1.82, 2.24) is 4.90 Å². The Morgan fingerprint density at radius 2 is 1.93 bits per heavy atom. The Morgan fingerprint density at radius 1 is 1.17 bits per heavy atom. The van der Waals surface area contributed by atoms with Crippen LogP contribution in [0.2, 0.25) is 0 Å². The van der Waals surface area contributed by atoms with Crippen LogP contribution in [0.25, 0.3) is 0 Å². The molecule has 2 fully saturated rings. The summed E-state index contributed by atoms with van der Waals surface area (Å²) in [6, 6.07) is 6.61. The van der Waals surface area contributed by atoms with Gasteiger partial charge in [0, 0.05) is 5.75 Å². The van der Waals surface area contributed by atoms with Crippen molar-refractivity contribution in [3.63, 3.8) is 0 Å². The molecule has 0 bridgehead atoms. The number of urea groups is 1. The first-order valence-electron chi connectivity index (χ1n) is 10.7. The zero-order valence-corrected chi connectivity index (χ0v) is 18.2. The number of ether oxygens (including phenoxy) is 2. The van der Waals surface area contributed by atoms with Gasteiger partial charge in [0.05, 0.1) is 24.3 Å². The summed E-state index contributed by atoms with van der Waals surface area (Å²) < 4.78 is 11.0. The molecule has 2 amide bonds. The van der Waals surface area contributed by atoms with Gasteiger partial charge in [-0.3, -0.25) is 4.90 Å². The molecule has 0 aromatic heterocycles. The summed E-state index contributed by atoms with van der Waals surface area (Å²) in [5.74, 6) is 1.34. The quantitative estimate of drug-likeness (QED) is 0.636. The molecule has 160 valence electrons. The third-order valence-corrected chi connectivity index (χ3v) is 6.93. The largest absolute Gasteiger partial charge is 0.492 e. The highest BCUT2D eigenvalue weighted by Crippen LogP contribution is 2.41. The fourth-order valence-electron chi connectivity index (χ4n) is 4.08. The smallest absolute Gasteiger partial charge is 0.329 e. The normalized spacial score (nSPS) is 22.3. The summed E-state index contributed by atoms with van der Waals surface area (Å²) >= 11 is 1.71. The van der Waals surface area contributed by atoms with E-state index in [-0.39, 0.29) is 17.4 Å². The van der Waals surface area contributed by atoms with Crippen molar-refractivity contribution in [1.29, 1.82) is 0 Å². The Morgan fingerprint density at radius 3 is 2.66 bits per heavy atom. The molecule has 0 unspecified atom stereocenters. The van der Waals surface area contributed by atoms with Gasteiger partial charge in [-0.05, 0) is 44.2 Å². The van der Waals surface area contributed by atoms with Crippen LogP contribution in [0.5, 0.6) is 5.75 Å². The Balaban J connectivity index is 1.80. The second kappa shape index (κ2) is 10.8. The highest BCUT2D eigenvalue weighted by Gasteiger charge is 2.45.